The van der Waals surface area contributed by atoms with Gasteiger partial charge in [0.1, 0.15) is 18.2 Å². The summed E-state index contributed by atoms with van der Waals surface area (Å²) in [7, 11) is 3.54. The molecule has 0 aromatic carbocycles. The summed E-state index contributed by atoms with van der Waals surface area (Å²) in [5.74, 6) is -0.542. The van der Waals surface area contributed by atoms with Gasteiger partial charge < -0.3 is 19.6 Å². The summed E-state index contributed by atoms with van der Waals surface area (Å²) in [4.78, 5) is 60.7. The number of hydrogen-bond acceptors (Lipinski definition) is 11. The Kier molecular flexibility index (Phi) is 10.4. The molecule has 0 radical (unpaired) electrons. The first-order valence-electron chi connectivity index (χ1n) is 15.7. The first kappa shape index (κ1) is 35.1. The Labute approximate surface area is 285 Å². The predicted octanol–water partition coefficient (Wildman–Crippen LogP) is 1.66. The highest BCUT2D eigenvalue weighted by Crippen LogP contribution is 2.27. The number of nitrogens with one attached hydrogen (secondary N) is 4. The second kappa shape index (κ2) is 14.5. The van der Waals surface area contributed by atoms with Crippen molar-refractivity contribution in [3.63, 3.8) is 0 Å². The molecule has 18 heteroatoms. The van der Waals surface area contributed by atoms with Crippen molar-refractivity contribution in [2.75, 3.05) is 57.0 Å². The molecule has 1 atom stereocenters. The second-order valence-corrected chi connectivity index (χ2v) is 14.3. The van der Waals surface area contributed by atoms with Crippen LogP contribution in [0.25, 0.3) is 17.8 Å². The Bertz CT molecular complexity index is 1910. The van der Waals surface area contributed by atoms with Crippen LogP contribution in [0.15, 0.2) is 28.5 Å². The minimum atomic E-state index is -0.920. The van der Waals surface area contributed by atoms with Gasteiger partial charge in [0.15, 0.2) is 17.5 Å². The molecule has 0 spiro atoms. The molecule has 4 aromatic rings. The molecule has 0 unspecified atom stereocenters. The number of tetrazole rings is 1. The van der Waals surface area contributed by atoms with Gasteiger partial charge in [-0.2, -0.15) is 9.61 Å². The van der Waals surface area contributed by atoms with Crippen LogP contribution >= 0.6 is 11.3 Å². The number of carboxylic acid groups (broad SMARTS) is 1. The lowest BCUT2D eigenvalue weighted by atomic mass is 9.93. The number of rotatable bonds is 11. The van der Waals surface area contributed by atoms with Crippen molar-refractivity contribution < 1.29 is 33.7 Å². The number of ether oxygens (including phenoxy) is 1. The van der Waals surface area contributed by atoms with E-state index >= 15 is 0 Å². The smallest absolute Gasteiger partial charge is 0.407 e. The monoisotopic (exact) mass is 695 g/mol. The fourth-order valence-corrected chi connectivity index (χ4v) is 6.25. The summed E-state index contributed by atoms with van der Waals surface area (Å²) in [6.45, 7) is 7.59. The van der Waals surface area contributed by atoms with Gasteiger partial charge in [-0.05, 0) is 36.3 Å². The number of pyridine rings is 1. The van der Waals surface area contributed by atoms with E-state index in [0.29, 0.717) is 60.2 Å². The average molecular weight is 696 g/mol. The van der Waals surface area contributed by atoms with E-state index < -0.39 is 18.2 Å². The Balaban J connectivity index is 1.38. The summed E-state index contributed by atoms with van der Waals surface area (Å²) in [5, 5.41) is 30.9. The topological polar surface area (TPSA) is 211 Å². The summed E-state index contributed by atoms with van der Waals surface area (Å²) in [6, 6.07) is 3.16. The number of carboxylic acids is 1. The van der Waals surface area contributed by atoms with Crippen molar-refractivity contribution >= 4 is 58.1 Å². The largest absolute Gasteiger partial charge is 0.477 e. The Morgan fingerprint density at radius 2 is 2.06 bits per heavy atom. The number of anilines is 2. The molecule has 0 saturated carbocycles. The number of carbonyl (C=O) groups is 3. The average Bonchev–Trinajstić information content (AvgIpc) is 3.72. The van der Waals surface area contributed by atoms with Crippen molar-refractivity contribution in [3.8, 4) is 0 Å². The van der Waals surface area contributed by atoms with Gasteiger partial charge in [0.2, 0.25) is 11.5 Å². The minimum Gasteiger partial charge on any atom is -0.477 e. The normalized spacial score (nSPS) is 15.4. The van der Waals surface area contributed by atoms with E-state index in [1.54, 1.807) is 38.4 Å². The SMILES string of the molecule is CC(C)(C)c1csc(NC(=O)c2ccn3c(=O)c(/C=C/c4nn[nH]n4)c(N4CCC[C@@H](OC(=O)NCC[N+](C)(C)CC(=O)O)C4)[nH+]c3c2)n1. The third kappa shape index (κ3) is 9.02. The van der Waals surface area contributed by atoms with Crippen LogP contribution in [0.5, 0.6) is 0 Å². The molecular weight excluding hydrogens is 654 g/mol. The highest BCUT2D eigenvalue weighted by atomic mass is 32.1. The summed E-state index contributed by atoms with van der Waals surface area (Å²) < 4.78 is 7.34. The first-order chi connectivity index (χ1) is 23.2. The van der Waals surface area contributed by atoms with E-state index in [9.17, 15) is 19.2 Å². The highest BCUT2D eigenvalue weighted by molar-refractivity contribution is 7.14. The molecule has 1 saturated heterocycles. The molecule has 2 amide bonds. The fourth-order valence-electron chi connectivity index (χ4n) is 5.31. The lowest BCUT2D eigenvalue weighted by Crippen LogP contribution is -2.49. The molecule has 260 valence electrons. The zero-order valence-electron chi connectivity index (χ0n) is 28.0. The lowest BCUT2D eigenvalue weighted by Gasteiger charge is -2.30. The number of aromatic nitrogens is 7. The lowest BCUT2D eigenvalue weighted by molar-refractivity contribution is -0.881. The number of carbonyl (C=O) groups excluding carboxylic acids is 2. The molecule has 5 heterocycles. The number of nitrogens with zero attached hydrogens (tertiary/aromatic N) is 7. The van der Waals surface area contributed by atoms with Crippen LogP contribution in [0.1, 0.15) is 61.1 Å². The zero-order chi connectivity index (χ0) is 35.3. The number of fused-ring (bicyclic) bond motifs is 1. The first-order valence-corrected chi connectivity index (χ1v) is 16.6. The van der Waals surface area contributed by atoms with Gasteiger partial charge in [0, 0.05) is 22.4 Å². The number of quaternary nitrogens is 1. The molecule has 1 aliphatic rings. The number of H-pyrrole nitrogens is 2. The third-order valence-corrected chi connectivity index (χ3v) is 8.70. The molecule has 5 N–H and O–H groups in total. The summed E-state index contributed by atoms with van der Waals surface area (Å²) >= 11 is 1.34. The molecule has 4 aromatic heterocycles. The van der Waals surface area contributed by atoms with E-state index in [4.69, 9.17) is 9.84 Å². The van der Waals surface area contributed by atoms with Gasteiger partial charge in [-0.25, -0.2) is 24.4 Å². The van der Waals surface area contributed by atoms with Crippen molar-refractivity contribution in [2.45, 2.75) is 45.1 Å². The van der Waals surface area contributed by atoms with Crippen LogP contribution in [0.3, 0.4) is 0 Å². The zero-order valence-corrected chi connectivity index (χ0v) is 28.8. The standard InChI is InChI=1S/C31H39N11O6S/c1-31(2,3)22-18-49-29(33-22)35-27(45)19-10-13-41-24(15-19)34-26(21(28(41)46)8-9-23-36-38-39-37-23)40-12-6-7-20(16-40)48-30(47)32-11-14-42(4,5)17-25(43)44/h8-10,13,15,18,20H,6-7,11-12,14,16-17H2,1-5H3,(H3-,32,33,35,36,37,38,39,43,44,45,47)/p+2/t20-/m1/s1. The number of alkyl carbamates (subject to hydrolysis) is 1. The maximum absolute atomic E-state index is 13.9. The maximum Gasteiger partial charge on any atom is 0.407 e. The van der Waals surface area contributed by atoms with Gasteiger partial charge in [-0.1, -0.05) is 20.8 Å². The van der Waals surface area contributed by atoms with Gasteiger partial charge in [0.05, 0.1) is 45.6 Å². The molecular formula is C31H41N11O6S+2. The predicted molar refractivity (Wildman–Crippen MR) is 181 cm³/mol. The quantitative estimate of drug-likeness (QED) is 0.166. The number of thiazole rings is 1. The third-order valence-electron chi connectivity index (χ3n) is 7.94. The van der Waals surface area contributed by atoms with Crippen molar-refractivity contribution in [2.24, 2.45) is 0 Å². The van der Waals surface area contributed by atoms with Crippen LogP contribution in [0, 0.1) is 0 Å². The van der Waals surface area contributed by atoms with Crippen LogP contribution in [0.4, 0.5) is 15.7 Å². The number of amides is 2. The maximum atomic E-state index is 13.9. The molecule has 1 fully saturated rings. The van der Waals surface area contributed by atoms with E-state index in [2.05, 4.69) is 41.2 Å². The summed E-state index contributed by atoms with van der Waals surface area (Å²) in [6.07, 6.45) is 4.88. The molecule has 17 nitrogen and oxygen atoms in total. The number of likely N-dealkylation sites (N-methyl/N-ethyl adjacent to an activating group) is 1. The van der Waals surface area contributed by atoms with E-state index in [0.717, 1.165) is 5.69 Å². The molecule has 0 bridgehead atoms. The van der Waals surface area contributed by atoms with E-state index in [1.807, 2.05) is 31.1 Å². The van der Waals surface area contributed by atoms with Gasteiger partial charge >= 0.3 is 17.6 Å². The van der Waals surface area contributed by atoms with E-state index in [1.165, 1.54) is 21.9 Å². The van der Waals surface area contributed by atoms with Crippen molar-refractivity contribution in [1.82, 2.24) is 35.3 Å². The van der Waals surface area contributed by atoms with Crippen LogP contribution in [0.2, 0.25) is 0 Å². The fraction of sp³-hybridized carbons (Fsp3) is 0.452. The molecule has 0 aliphatic carbocycles. The molecule has 1 aliphatic heterocycles. The van der Waals surface area contributed by atoms with Gasteiger partial charge in [-0.3, -0.25) is 15.0 Å². The number of aromatic amines is 2. The van der Waals surface area contributed by atoms with Crippen LogP contribution in [-0.2, 0) is 14.9 Å². The Morgan fingerprint density at radius 3 is 2.76 bits per heavy atom. The van der Waals surface area contributed by atoms with Crippen LogP contribution < -0.4 is 26.1 Å². The second-order valence-electron chi connectivity index (χ2n) is 13.5. The number of hydrogen-bond donors (Lipinski definition) is 4. The molecule has 5 rings (SSSR count). The number of piperidine rings is 1. The van der Waals surface area contributed by atoms with Crippen molar-refractivity contribution in [3.05, 3.63) is 56.7 Å². The minimum absolute atomic E-state index is 0.0731. The van der Waals surface area contributed by atoms with Gasteiger partial charge in [-0.15, -0.1) is 21.5 Å². The highest BCUT2D eigenvalue weighted by Gasteiger charge is 2.31. The number of aliphatic carboxylic acids is 1. The Hall–Kier alpha value is -5.23. The van der Waals surface area contributed by atoms with Gasteiger partial charge in [0.25, 0.3) is 5.91 Å². The molecule has 49 heavy (non-hydrogen) atoms. The Morgan fingerprint density at radius 1 is 1.27 bits per heavy atom. The van der Waals surface area contributed by atoms with E-state index in [-0.39, 0.29) is 40.3 Å². The summed E-state index contributed by atoms with van der Waals surface area (Å²) in [5.41, 5.74) is 1.37. The van der Waals surface area contributed by atoms with Crippen LogP contribution in [-0.4, -0.2) is 110 Å². The van der Waals surface area contributed by atoms with Crippen molar-refractivity contribution in [1.29, 1.82) is 0 Å².